The minimum atomic E-state index is 0.850. The minimum absolute atomic E-state index is 0.850. The highest BCUT2D eigenvalue weighted by Crippen LogP contribution is 2.41. The summed E-state index contributed by atoms with van der Waals surface area (Å²) in [5.41, 5.74) is 3.74. The Balaban J connectivity index is 2.56. The maximum absolute atomic E-state index is 6.21. The number of hydrogen-bond acceptors (Lipinski definition) is 1. The fourth-order valence-electron chi connectivity index (χ4n) is 2.34. The number of rotatable bonds is 0. The van der Waals surface area contributed by atoms with Crippen LogP contribution in [0.4, 0.5) is 0 Å². The molecule has 0 aliphatic carbocycles. The number of aryl methyl sites for hydroxylation is 3. The third-order valence-electron chi connectivity index (χ3n) is 3.38. The Hall–Kier alpha value is -0.570. The van der Waals surface area contributed by atoms with Gasteiger partial charge in [-0.1, -0.05) is 27.5 Å². The van der Waals surface area contributed by atoms with Crippen LogP contribution < -0.4 is 0 Å². The van der Waals surface area contributed by atoms with E-state index in [2.05, 4.69) is 54.9 Å². The van der Waals surface area contributed by atoms with E-state index >= 15 is 0 Å². The third kappa shape index (κ3) is 1.70. The number of benzene rings is 2. The van der Waals surface area contributed by atoms with E-state index < -0.39 is 0 Å². The van der Waals surface area contributed by atoms with Crippen molar-refractivity contribution in [3.8, 4) is 0 Å². The summed E-state index contributed by atoms with van der Waals surface area (Å²) in [5.74, 6) is 0. The van der Waals surface area contributed by atoms with E-state index in [0.29, 0.717) is 0 Å². The van der Waals surface area contributed by atoms with Crippen LogP contribution in [0, 0.1) is 20.8 Å². The summed E-state index contributed by atoms with van der Waals surface area (Å²) in [4.78, 5) is 0. The molecule has 2 aromatic carbocycles. The molecule has 0 N–H and O–H groups in total. The van der Waals surface area contributed by atoms with Gasteiger partial charge in [0, 0.05) is 29.7 Å². The van der Waals surface area contributed by atoms with E-state index in [0.717, 1.165) is 10.6 Å². The number of hydrogen-bond donors (Lipinski definition) is 0. The first-order valence-corrected chi connectivity index (χ1v) is 7.76. The van der Waals surface area contributed by atoms with E-state index in [-0.39, 0.29) is 0 Å². The molecule has 0 aliphatic heterocycles. The Morgan fingerprint density at radius 2 is 1.67 bits per heavy atom. The highest BCUT2D eigenvalue weighted by atomic mass is 79.9. The first-order valence-electron chi connectivity index (χ1n) is 5.77. The standard InChI is InChI=1S/C15H12BrClS/c1-7-4-10-11-5-8(2)14(16)9(3)15(11)18-13(10)6-12(7)17/h4-6H,1-3H3. The van der Waals surface area contributed by atoms with Gasteiger partial charge in [-0.3, -0.25) is 0 Å². The van der Waals surface area contributed by atoms with Gasteiger partial charge in [-0.05, 0) is 55.7 Å². The zero-order valence-corrected chi connectivity index (χ0v) is 13.6. The Bertz CT molecular complexity index is 786. The van der Waals surface area contributed by atoms with Crippen LogP contribution in [0.3, 0.4) is 0 Å². The van der Waals surface area contributed by atoms with Crippen molar-refractivity contribution >= 4 is 59.0 Å². The number of fused-ring (bicyclic) bond motifs is 3. The lowest BCUT2D eigenvalue weighted by atomic mass is 10.1. The fourth-order valence-corrected chi connectivity index (χ4v) is 4.22. The second-order valence-electron chi connectivity index (χ2n) is 4.71. The molecular formula is C15H12BrClS. The lowest BCUT2D eigenvalue weighted by Crippen LogP contribution is -1.82. The van der Waals surface area contributed by atoms with Crippen molar-refractivity contribution < 1.29 is 0 Å². The fraction of sp³-hybridized carbons (Fsp3) is 0.200. The lowest BCUT2D eigenvalue weighted by molar-refractivity contribution is 1.40. The van der Waals surface area contributed by atoms with Crippen LogP contribution in [0.5, 0.6) is 0 Å². The molecule has 1 heterocycles. The zero-order valence-electron chi connectivity index (χ0n) is 10.4. The summed E-state index contributed by atoms with van der Waals surface area (Å²) in [7, 11) is 0. The molecule has 0 amide bonds. The summed E-state index contributed by atoms with van der Waals surface area (Å²) in [6, 6.07) is 6.54. The van der Waals surface area contributed by atoms with Crippen LogP contribution in [0.15, 0.2) is 22.7 Å². The van der Waals surface area contributed by atoms with Gasteiger partial charge in [0.1, 0.15) is 0 Å². The van der Waals surface area contributed by atoms with E-state index in [9.17, 15) is 0 Å². The maximum atomic E-state index is 6.21. The largest absolute Gasteiger partial charge is 0.135 e. The van der Waals surface area contributed by atoms with Gasteiger partial charge < -0.3 is 0 Å². The quantitative estimate of drug-likeness (QED) is 0.445. The highest BCUT2D eigenvalue weighted by molar-refractivity contribution is 9.10. The van der Waals surface area contributed by atoms with Crippen molar-refractivity contribution in [2.24, 2.45) is 0 Å². The molecule has 0 fully saturated rings. The molecule has 0 spiro atoms. The second-order valence-corrected chi connectivity index (χ2v) is 6.96. The van der Waals surface area contributed by atoms with Crippen molar-refractivity contribution in [1.82, 2.24) is 0 Å². The normalized spacial score (nSPS) is 11.6. The summed E-state index contributed by atoms with van der Waals surface area (Å²) in [5, 5.41) is 3.51. The van der Waals surface area contributed by atoms with Crippen molar-refractivity contribution in [2.75, 3.05) is 0 Å². The van der Waals surface area contributed by atoms with Gasteiger partial charge >= 0.3 is 0 Å². The monoisotopic (exact) mass is 338 g/mol. The molecule has 0 radical (unpaired) electrons. The average Bonchev–Trinajstić information content (AvgIpc) is 2.66. The van der Waals surface area contributed by atoms with Crippen LogP contribution in [-0.4, -0.2) is 0 Å². The predicted molar refractivity (Wildman–Crippen MR) is 86.3 cm³/mol. The van der Waals surface area contributed by atoms with Crippen LogP contribution in [0.1, 0.15) is 16.7 Å². The summed E-state index contributed by atoms with van der Waals surface area (Å²) in [6.45, 7) is 6.37. The molecule has 3 rings (SSSR count). The first-order chi connectivity index (χ1) is 8.49. The SMILES string of the molecule is Cc1cc2c(cc1Cl)sc1c(C)c(Br)c(C)cc12. The zero-order chi connectivity index (χ0) is 13.0. The van der Waals surface area contributed by atoms with Crippen molar-refractivity contribution in [3.63, 3.8) is 0 Å². The van der Waals surface area contributed by atoms with Gasteiger partial charge in [-0.25, -0.2) is 0 Å². The molecule has 1 aromatic heterocycles. The molecule has 0 saturated heterocycles. The van der Waals surface area contributed by atoms with Gasteiger partial charge in [0.2, 0.25) is 0 Å². The summed E-state index contributed by atoms with van der Waals surface area (Å²) < 4.78 is 3.83. The van der Waals surface area contributed by atoms with Crippen LogP contribution >= 0.6 is 38.9 Å². The van der Waals surface area contributed by atoms with Crippen LogP contribution in [-0.2, 0) is 0 Å². The second kappa shape index (κ2) is 4.22. The van der Waals surface area contributed by atoms with Crippen LogP contribution in [0.25, 0.3) is 20.2 Å². The van der Waals surface area contributed by atoms with Gasteiger partial charge in [0.25, 0.3) is 0 Å². The molecule has 0 bridgehead atoms. The van der Waals surface area contributed by atoms with Crippen molar-refractivity contribution in [3.05, 3.63) is 44.4 Å². The molecule has 18 heavy (non-hydrogen) atoms. The van der Waals surface area contributed by atoms with E-state index in [1.165, 1.54) is 35.8 Å². The highest BCUT2D eigenvalue weighted by Gasteiger charge is 2.12. The Morgan fingerprint density at radius 1 is 1.00 bits per heavy atom. The minimum Gasteiger partial charge on any atom is -0.135 e. The van der Waals surface area contributed by atoms with Crippen molar-refractivity contribution in [2.45, 2.75) is 20.8 Å². The predicted octanol–water partition coefficient (Wildman–Crippen LogP) is 6.40. The van der Waals surface area contributed by atoms with E-state index in [1.54, 1.807) is 0 Å². The van der Waals surface area contributed by atoms with Gasteiger partial charge in [-0.15, -0.1) is 11.3 Å². The smallest absolute Gasteiger partial charge is 0.0449 e. The Morgan fingerprint density at radius 3 is 2.39 bits per heavy atom. The third-order valence-corrected chi connectivity index (χ3v) is 6.30. The molecule has 3 heteroatoms. The molecule has 92 valence electrons. The lowest BCUT2D eigenvalue weighted by Gasteiger charge is -2.04. The van der Waals surface area contributed by atoms with E-state index in [1.807, 2.05) is 11.3 Å². The average molecular weight is 340 g/mol. The first kappa shape index (κ1) is 12.5. The topological polar surface area (TPSA) is 0 Å². The molecule has 0 aliphatic rings. The Kier molecular flexibility index (Phi) is 2.92. The van der Waals surface area contributed by atoms with Gasteiger partial charge in [0.15, 0.2) is 0 Å². The van der Waals surface area contributed by atoms with Gasteiger partial charge in [0.05, 0.1) is 0 Å². The molecule has 0 saturated carbocycles. The molecule has 0 unspecified atom stereocenters. The van der Waals surface area contributed by atoms with Gasteiger partial charge in [-0.2, -0.15) is 0 Å². The summed E-state index contributed by atoms with van der Waals surface area (Å²) in [6.07, 6.45) is 0. The molecule has 3 aromatic rings. The van der Waals surface area contributed by atoms with E-state index in [4.69, 9.17) is 11.6 Å². The molecule has 0 nitrogen and oxygen atoms in total. The number of halogens is 2. The Labute approximate surface area is 124 Å². The van der Waals surface area contributed by atoms with Crippen LogP contribution in [0.2, 0.25) is 5.02 Å². The van der Waals surface area contributed by atoms with Crippen molar-refractivity contribution in [1.29, 1.82) is 0 Å². The molecule has 0 atom stereocenters. The number of thiophene rings is 1. The summed E-state index contributed by atoms with van der Waals surface area (Å²) >= 11 is 11.7. The maximum Gasteiger partial charge on any atom is 0.0449 e. The molecular weight excluding hydrogens is 328 g/mol.